The number of nitrogens with zero attached hydrogens (tertiary/aromatic N) is 4. The van der Waals surface area contributed by atoms with E-state index in [2.05, 4.69) is 15.2 Å². The van der Waals surface area contributed by atoms with E-state index in [0.717, 1.165) is 4.73 Å². The molecule has 2 aromatic heterocycles. The molecule has 0 saturated heterocycles. The molecule has 0 aliphatic rings. The summed E-state index contributed by atoms with van der Waals surface area (Å²) in [6.45, 7) is 0. The molecule has 2 aromatic rings. The molecule has 0 aliphatic heterocycles. The van der Waals surface area contributed by atoms with Crippen molar-refractivity contribution in [3.8, 4) is 0 Å². The van der Waals surface area contributed by atoms with Gasteiger partial charge in [0.25, 0.3) is 0 Å². The lowest BCUT2D eigenvalue weighted by atomic mass is 10.5. The van der Waals surface area contributed by atoms with Crippen molar-refractivity contribution in [2.75, 3.05) is 0 Å². The van der Waals surface area contributed by atoms with E-state index < -0.39 is 0 Å². The van der Waals surface area contributed by atoms with Gasteiger partial charge >= 0.3 is 0 Å². The third kappa shape index (κ3) is 0.540. The van der Waals surface area contributed by atoms with Crippen LogP contribution in [0.15, 0.2) is 18.7 Å². The first-order chi connectivity index (χ1) is 4.88. The van der Waals surface area contributed by atoms with E-state index in [1.165, 1.54) is 18.7 Å². The smallest absolute Gasteiger partial charge is 0.133 e. The van der Waals surface area contributed by atoms with Gasteiger partial charge < -0.3 is 5.21 Å². The highest BCUT2D eigenvalue weighted by Crippen LogP contribution is 2.05. The molecule has 0 saturated carbocycles. The third-order valence-corrected chi connectivity index (χ3v) is 1.24. The Morgan fingerprint density at radius 1 is 1.30 bits per heavy atom. The highest BCUT2D eigenvalue weighted by molar-refractivity contribution is 5.72. The van der Waals surface area contributed by atoms with Gasteiger partial charge in [-0.25, -0.2) is 4.98 Å². The van der Waals surface area contributed by atoms with E-state index in [1.807, 2.05) is 0 Å². The SMILES string of the molecule is On1cnc2cnncc21. The van der Waals surface area contributed by atoms with Crippen molar-refractivity contribution in [3.05, 3.63) is 18.7 Å². The normalized spacial score (nSPS) is 10.4. The molecule has 5 nitrogen and oxygen atoms in total. The van der Waals surface area contributed by atoms with Gasteiger partial charge in [0.05, 0.1) is 12.4 Å². The molecule has 50 valence electrons. The van der Waals surface area contributed by atoms with Crippen molar-refractivity contribution in [1.29, 1.82) is 0 Å². The van der Waals surface area contributed by atoms with Crippen LogP contribution in [0.2, 0.25) is 0 Å². The Hall–Kier alpha value is -1.65. The monoisotopic (exact) mass is 136 g/mol. The maximum atomic E-state index is 9.00. The molecule has 0 aliphatic carbocycles. The fraction of sp³-hybridized carbons (Fsp3) is 0. The lowest BCUT2D eigenvalue weighted by molar-refractivity contribution is 0.198. The van der Waals surface area contributed by atoms with Gasteiger partial charge in [-0.3, -0.25) is 0 Å². The van der Waals surface area contributed by atoms with Crippen LogP contribution < -0.4 is 0 Å². The Bertz CT molecular complexity index is 355. The summed E-state index contributed by atoms with van der Waals surface area (Å²) >= 11 is 0. The molecular weight excluding hydrogens is 132 g/mol. The average Bonchev–Trinajstić information content (AvgIpc) is 2.34. The first kappa shape index (κ1) is 5.16. The molecule has 1 N–H and O–H groups in total. The lowest BCUT2D eigenvalue weighted by Crippen LogP contribution is -1.86. The fourth-order valence-electron chi connectivity index (χ4n) is 0.763. The van der Waals surface area contributed by atoms with Gasteiger partial charge in [-0.2, -0.15) is 14.9 Å². The second-order valence-corrected chi connectivity index (χ2v) is 1.85. The van der Waals surface area contributed by atoms with Crippen molar-refractivity contribution in [2.45, 2.75) is 0 Å². The minimum Gasteiger partial charge on any atom is -0.427 e. The van der Waals surface area contributed by atoms with Crippen LogP contribution in [0.25, 0.3) is 11.0 Å². The van der Waals surface area contributed by atoms with Crippen LogP contribution in [0.1, 0.15) is 0 Å². The predicted molar refractivity (Wildman–Crippen MR) is 32.5 cm³/mol. The molecule has 2 heterocycles. The number of rotatable bonds is 0. The average molecular weight is 136 g/mol. The Kier molecular flexibility index (Phi) is 0.858. The summed E-state index contributed by atoms with van der Waals surface area (Å²) < 4.78 is 0.907. The van der Waals surface area contributed by atoms with Crippen molar-refractivity contribution in [1.82, 2.24) is 19.9 Å². The van der Waals surface area contributed by atoms with E-state index in [1.54, 1.807) is 0 Å². The summed E-state index contributed by atoms with van der Waals surface area (Å²) in [4.78, 5) is 3.83. The molecule has 2 rings (SSSR count). The van der Waals surface area contributed by atoms with Crippen LogP contribution in [-0.4, -0.2) is 25.1 Å². The van der Waals surface area contributed by atoms with E-state index >= 15 is 0 Å². The highest BCUT2D eigenvalue weighted by Gasteiger charge is 1.98. The number of aromatic nitrogens is 4. The molecule has 0 bridgehead atoms. The van der Waals surface area contributed by atoms with Gasteiger partial charge in [-0.1, -0.05) is 0 Å². The number of fused-ring (bicyclic) bond motifs is 1. The van der Waals surface area contributed by atoms with E-state index in [-0.39, 0.29) is 0 Å². The number of imidazole rings is 1. The summed E-state index contributed by atoms with van der Waals surface area (Å²) in [7, 11) is 0. The van der Waals surface area contributed by atoms with Crippen molar-refractivity contribution in [3.63, 3.8) is 0 Å². The van der Waals surface area contributed by atoms with E-state index in [0.29, 0.717) is 11.0 Å². The lowest BCUT2D eigenvalue weighted by Gasteiger charge is -1.87. The summed E-state index contributed by atoms with van der Waals surface area (Å²) in [6, 6.07) is 0. The zero-order valence-electron chi connectivity index (χ0n) is 4.97. The zero-order chi connectivity index (χ0) is 6.97. The van der Waals surface area contributed by atoms with Crippen molar-refractivity contribution < 1.29 is 5.21 Å². The molecule has 0 spiro atoms. The van der Waals surface area contributed by atoms with Crippen LogP contribution in [0.3, 0.4) is 0 Å². The van der Waals surface area contributed by atoms with Gasteiger partial charge in [0.2, 0.25) is 0 Å². The second-order valence-electron chi connectivity index (χ2n) is 1.85. The van der Waals surface area contributed by atoms with Gasteiger partial charge in [0, 0.05) is 0 Å². The Morgan fingerprint density at radius 3 is 2.90 bits per heavy atom. The van der Waals surface area contributed by atoms with E-state index in [9.17, 15) is 0 Å². The van der Waals surface area contributed by atoms with Crippen molar-refractivity contribution in [2.24, 2.45) is 0 Å². The molecule has 0 amide bonds. The van der Waals surface area contributed by atoms with E-state index in [4.69, 9.17) is 5.21 Å². The fourth-order valence-corrected chi connectivity index (χ4v) is 0.763. The number of hydrogen-bond donors (Lipinski definition) is 1. The standard InChI is InChI=1S/C5H4N4O/c10-9-3-6-4-1-7-8-2-5(4)9/h1-3,10H. The quantitative estimate of drug-likeness (QED) is 0.520. The van der Waals surface area contributed by atoms with Crippen LogP contribution in [-0.2, 0) is 0 Å². The van der Waals surface area contributed by atoms with Gasteiger partial charge in [-0.15, -0.1) is 0 Å². The Morgan fingerprint density at radius 2 is 2.10 bits per heavy atom. The zero-order valence-corrected chi connectivity index (χ0v) is 4.97. The first-order valence-corrected chi connectivity index (χ1v) is 2.71. The molecule has 0 radical (unpaired) electrons. The second kappa shape index (κ2) is 1.66. The largest absolute Gasteiger partial charge is 0.427 e. The Labute approximate surface area is 55.9 Å². The van der Waals surface area contributed by atoms with Gasteiger partial charge in [-0.05, 0) is 0 Å². The highest BCUT2D eigenvalue weighted by atomic mass is 16.5. The van der Waals surface area contributed by atoms with Crippen LogP contribution in [0, 0.1) is 0 Å². The molecular formula is C5H4N4O. The topological polar surface area (TPSA) is 63.8 Å². The minimum atomic E-state index is 0.565. The summed E-state index contributed by atoms with van der Waals surface area (Å²) in [6.07, 6.45) is 4.23. The number of hydrogen-bond acceptors (Lipinski definition) is 4. The molecule has 5 heteroatoms. The molecule has 0 atom stereocenters. The molecule has 0 aromatic carbocycles. The Balaban J connectivity index is 2.93. The molecule has 0 unspecified atom stereocenters. The van der Waals surface area contributed by atoms with Crippen molar-refractivity contribution >= 4 is 11.0 Å². The molecule has 10 heavy (non-hydrogen) atoms. The van der Waals surface area contributed by atoms with Gasteiger partial charge in [0.1, 0.15) is 17.4 Å². The van der Waals surface area contributed by atoms with Crippen LogP contribution in [0.5, 0.6) is 0 Å². The maximum absolute atomic E-state index is 9.00. The third-order valence-electron chi connectivity index (χ3n) is 1.24. The predicted octanol–water partition coefficient (Wildman–Crippen LogP) is 0.0636. The first-order valence-electron chi connectivity index (χ1n) is 2.71. The summed E-state index contributed by atoms with van der Waals surface area (Å²) in [5, 5.41) is 16.2. The summed E-state index contributed by atoms with van der Waals surface area (Å²) in [5.74, 6) is 0. The maximum Gasteiger partial charge on any atom is 0.133 e. The molecule has 0 fully saturated rings. The minimum absolute atomic E-state index is 0.565. The summed E-state index contributed by atoms with van der Waals surface area (Å²) in [5.41, 5.74) is 1.20. The van der Waals surface area contributed by atoms with Crippen LogP contribution in [0.4, 0.5) is 0 Å². The van der Waals surface area contributed by atoms with Crippen LogP contribution >= 0.6 is 0 Å². The van der Waals surface area contributed by atoms with Gasteiger partial charge in [0.15, 0.2) is 0 Å².